The number of nitrogens with zero attached hydrogens (tertiary/aromatic N) is 2. The van der Waals surface area contributed by atoms with Crippen LogP contribution in [0.2, 0.25) is 0 Å². The van der Waals surface area contributed by atoms with E-state index in [1.165, 1.54) is 10.7 Å². The summed E-state index contributed by atoms with van der Waals surface area (Å²) in [7, 11) is -3.79. The lowest BCUT2D eigenvalue weighted by atomic mass is 10.2. The number of rotatable bonds is 7. The number of aromatic nitrogens is 2. The highest BCUT2D eigenvalue weighted by Gasteiger charge is 2.25. The van der Waals surface area contributed by atoms with Crippen LogP contribution < -0.4 is 10.3 Å². The Kier molecular flexibility index (Phi) is 4.96. The summed E-state index contributed by atoms with van der Waals surface area (Å²) in [6, 6.07) is 5.72. The molecule has 25 heavy (non-hydrogen) atoms. The van der Waals surface area contributed by atoms with E-state index < -0.39 is 27.4 Å². The summed E-state index contributed by atoms with van der Waals surface area (Å²) in [5.41, 5.74) is 0.532. The minimum absolute atomic E-state index is 0.0102. The molecule has 1 N–H and O–H groups in total. The van der Waals surface area contributed by atoms with Gasteiger partial charge >= 0.3 is 0 Å². The zero-order valence-corrected chi connectivity index (χ0v) is 14.1. The molecule has 0 unspecified atom stereocenters. The van der Waals surface area contributed by atoms with Gasteiger partial charge in [0.15, 0.2) is 0 Å². The van der Waals surface area contributed by atoms with Crippen molar-refractivity contribution < 1.29 is 17.2 Å². The van der Waals surface area contributed by atoms with Crippen LogP contribution >= 0.6 is 0 Å². The van der Waals surface area contributed by atoms with Crippen molar-refractivity contribution in [2.75, 3.05) is 6.54 Å². The summed E-state index contributed by atoms with van der Waals surface area (Å²) >= 11 is 0. The maximum absolute atomic E-state index is 13.1. The number of sulfonamides is 1. The van der Waals surface area contributed by atoms with Crippen molar-refractivity contribution in [3.63, 3.8) is 0 Å². The molecule has 1 aromatic carbocycles. The van der Waals surface area contributed by atoms with Crippen LogP contribution in [0.15, 0.2) is 35.1 Å². The number of hydrogen-bond donors (Lipinski definition) is 1. The monoisotopic (exact) mass is 369 g/mol. The molecule has 1 heterocycles. The highest BCUT2D eigenvalue weighted by Crippen LogP contribution is 2.38. The fraction of sp³-hybridized carbons (Fsp3) is 0.375. The van der Waals surface area contributed by atoms with E-state index in [0.717, 1.165) is 30.7 Å². The van der Waals surface area contributed by atoms with Gasteiger partial charge in [0.1, 0.15) is 11.6 Å². The molecule has 0 amide bonds. The van der Waals surface area contributed by atoms with E-state index in [1.807, 2.05) is 0 Å². The van der Waals surface area contributed by atoms with Crippen molar-refractivity contribution in [1.82, 2.24) is 14.5 Å². The Balaban J connectivity index is 1.61. The number of benzene rings is 1. The van der Waals surface area contributed by atoms with E-state index >= 15 is 0 Å². The Morgan fingerprint density at radius 1 is 1.16 bits per heavy atom. The van der Waals surface area contributed by atoms with Crippen LogP contribution in [0.4, 0.5) is 8.78 Å². The predicted octanol–water partition coefficient (Wildman–Crippen LogP) is 1.52. The summed E-state index contributed by atoms with van der Waals surface area (Å²) in [5, 5.41) is 4.23. The Morgan fingerprint density at radius 2 is 1.84 bits per heavy atom. The van der Waals surface area contributed by atoms with Crippen LogP contribution in [0.5, 0.6) is 0 Å². The standard InChI is InChI=1S/C16H17F2N3O3S/c17-13-7-11(8-14(18)9-13)10-25(23,24)19-5-6-21-16(22)4-3-15(20-21)12-1-2-12/h3-4,7-9,12,19H,1-2,5-6,10H2. The minimum atomic E-state index is -3.79. The third-order valence-corrected chi connectivity index (χ3v) is 5.16. The SMILES string of the molecule is O=c1ccc(C2CC2)nn1CCNS(=O)(=O)Cc1cc(F)cc(F)c1. The molecule has 0 bridgehead atoms. The van der Waals surface area contributed by atoms with Gasteiger partial charge in [-0.1, -0.05) is 0 Å². The number of halogens is 2. The Bertz CT molecular complexity index is 920. The first-order chi connectivity index (χ1) is 11.8. The number of nitrogens with one attached hydrogen (secondary N) is 1. The van der Waals surface area contributed by atoms with Crippen molar-refractivity contribution >= 4 is 10.0 Å². The lowest BCUT2D eigenvalue weighted by Crippen LogP contribution is -2.32. The second kappa shape index (κ2) is 7.01. The molecule has 1 aromatic heterocycles. The first-order valence-electron chi connectivity index (χ1n) is 7.83. The van der Waals surface area contributed by atoms with Gasteiger partial charge in [0.25, 0.3) is 5.56 Å². The second-order valence-electron chi connectivity index (χ2n) is 6.02. The second-order valence-corrected chi connectivity index (χ2v) is 7.83. The van der Waals surface area contributed by atoms with Gasteiger partial charge < -0.3 is 0 Å². The van der Waals surface area contributed by atoms with Gasteiger partial charge in [-0.05, 0) is 36.6 Å². The fourth-order valence-corrected chi connectivity index (χ4v) is 3.60. The molecule has 1 saturated carbocycles. The molecule has 1 aliphatic carbocycles. The lowest BCUT2D eigenvalue weighted by Gasteiger charge is -2.09. The molecule has 1 aliphatic rings. The van der Waals surface area contributed by atoms with E-state index in [9.17, 15) is 22.0 Å². The molecular weight excluding hydrogens is 352 g/mol. The minimum Gasteiger partial charge on any atom is -0.268 e. The highest BCUT2D eigenvalue weighted by molar-refractivity contribution is 7.88. The zero-order valence-electron chi connectivity index (χ0n) is 13.3. The zero-order chi connectivity index (χ0) is 18.0. The first-order valence-corrected chi connectivity index (χ1v) is 9.48. The quantitative estimate of drug-likeness (QED) is 0.802. The summed E-state index contributed by atoms with van der Waals surface area (Å²) in [6.45, 7) is 0.0390. The van der Waals surface area contributed by atoms with Gasteiger partial charge in [0.2, 0.25) is 10.0 Å². The maximum Gasteiger partial charge on any atom is 0.266 e. The largest absolute Gasteiger partial charge is 0.268 e. The predicted molar refractivity (Wildman–Crippen MR) is 87.5 cm³/mol. The summed E-state index contributed by atoms with van der Waals surface area (Å²) in [5.74, 6) is -1.84. The van der Waals surface area contributed by atoms with Crippen LogP contribution in [0.1, 0.15) is 30.0 Å². The van der Waals surface area contributed by atoms with E-state index in [1.54, 1.807) is 6.07 Å². The molecule has 0 atom stereocenters. The normalized spacial score (nSPS) is 14.6. The molecule has 1 fully saturated rings. The molecule has 0 radical (unpaired) electrons. The van der Waals surface area contributed by atoms with Crippen LogP contribution in [0.3, 0.4) is 0 Å². The van der Waals surface area contributed by atoms with Gasteiger partial charge in [0, 0.05) is 24.6 Å². The average molecular weight is 369 g/mol. The van der Waals surface area contributed by atoms with E-state index in [4.69, 9.17) is 0 Å². The third kappa shape index (κ3) is 4.93. The van der Waals surface area contributed by atoms with Gasteiger partial charge in [-0.3, -0.25) is 4.79 Å². The van der Waals surface area contributed by atoms with E-state index in [0.29, 0.717) is 12.0 Å². The third-order valence-electron chi connectivity index (χ3n) is 3.81. The Morgan fingerprint density at radius 3 is 2.48 bits per heavy atom. The molecule has 9 heteroatoms. The molecule has 2 aromatic rings. The van der Waals surface area contributed by atoms with Crippen LogP contribution in [-0.2, 0) is 22.3 Å². The van der Waals surface area contributed by atoms with Gasteiger partial charge in [0.05, 0.1) is 18.0 Å². The maximum atomic E-state index is 13.1. The fourth-order valence-electron chi connectivity index (χ4n) is 2.49. The molecule has 6 nitrogen and oxygen atoms in total. The number of hydrogen-bond acceptors (Lipinski definition) is 4. The average Bonchev–Trinajstić information content (AvgIpc) is 3.32. The summed E-state index contributed by atoms with van der Waals surface area (Å²) in [4.78, 5) is 11.8. The van der Waals surface area contributed by atoms with Gasteiger partial charge in [-0.25, -0.2) is 26.6 Å². The Labute approximate surface area is 143 Å². The molecular formula is C16H17F2N3O3S. The van der Waals surface area contributed by atoms with E-state index in [2.05, 4.69) is 9.82 Å². The van der Waals surface area contributed by atoms with Crippen molar-refractivity contribution in [1.29, 1.82) is 0 Å². The topological polar surface area (TPSA) is 81.1 Å². The van der Waals surface area contributed by atoms with Crippen LogP contribution in [0.25, 0.3) is 0 Å². The van der Waals surface area contributed by atoms with Crippen LogP contribution in [-0.4, -0.2) is 24.7 Å². The van der Waals surface area contributed by atoms with Crippen molar-refractivity contribution in [2.45, 2.75) is 31.1 Å². The summed E-state index contributed by atoms with van der Waals surface area (Å²) < 4.78 is 53.8. The molecule has 0 aliphatic heterocycles. The smallest absolute Gasteiger partial charge is 0.266 e. The van der Waals surface area contributed by atoms with Crippen molar-refractivity contribution in [3.8, 4) is 0 Å². The van der Waals surface area contributed by atoms with Gasteiger partial charge in [-0.2, -0.15) is 5.10 Å². The molecule has 0 spiro atoms. The highest BCUT2D eigenvalue weighted by atomic mass is 32.2. The first kappa shape index (κ1) is 17.7. The molecule has 0 saturated heterocycles. The molecule has 3 rings (SSSR count). The van der Waals surface area contributed by atoms with Crippen LogP contribution in [0, 0.1) is 11.6 Å². The Hall–Kier alpha value is -2.13. The van der Waals surface area contributed by atoms with E-state index in [-0.39, 0.29) is 24.2 Å². The van der Waals surface area contributed by atoms with Gasteiger partial charge in [-0.15, -0.1) is 0 Å². The summed E-state index contributed by atoms with van der Waals surface area (Å²) in [6.07, 6.45) is 2.09. The van der Waals surface area contributed by atoms with Crippen molar-refractivity contribution in [3.05, 3.63) is 63.6 Å². The molecule has 134 valence electrons. The lowest BCUT2D eigenvalue weighted by molar-refractivity contribution is 0.540. The van der Waals surface area contributed by atoms with Crippen molar-refractivity contribution in [2.24, 2.45) is 0 Å².